The van der Waals surface area contributed by atoms with Crippen molar-refractivity contribution in [1.82, 2.24) is 9.88 Å². The van der Waals surface area contributed by atoms with Crippen molar-refractivity contribution in [2.75, 3.05) is 25.0 Å². The lowest BCUT2D eigenvalue weighted by Gasteiger charge is -2.16. The van der Waals surface area contributed by atoms with Crippen molar-refractivity contribution in [3.8, 4) is 0 Å². The van der Waals surface area contributed by atoms with Crippen LogP contribution < -0.4 is 5.32 Å². The van der Waals surface area contributed by atoms with Gasteiger partial charge in [0.2, 0.25) is 0 Å². The minimum atomic E-state index is -0.894. The largest absolute Gasteiger partial charge is 0.388 e. The van der Waals surface area contributed by atoms with Gasteiger partial charge in [0.05, 0.1) is 12.2 Å². The quantitative estimate of drug-likeness (QED) is 0.714. The molecule has 1 aromatic rings. The Balaban J connectivity index is 2.15. The molecule has 0 aromatic carbocycles. The molecule has 0 aliphatic carbocycles. The maximum absolute atomic E-state index is 12.3. The van der Waals surface area contributed by atoms with Gasteiger partial charge in [0, 0.05) is 25.2 Å². The van der Waals surface area contributed by atoms with Gasteiger partial charge in [-0.25, -0.2) is 4.98 Å². The minimum absolute atomic E-state index is 0.123. The normalized spacial score (nSPS) is 22.1. The van der Waals surface area contributed by atoms with Gasteiger partial charge in [0.15, 0.2) is 0 Å². The number of β-amino-alcohol motifs (C(OH)–C–C–N with tert-alkyl or cyclic N) is 2. The highest BCUT2D eigenvalue weighted by molar-refractivity contribution is 6.29. The summed E-state index contributed by atoms with van der Waals surface area (Å²) in [4.78, 5) is 17.8. The summed E-state index contributed by atoms with van der Waals surface area (Å²) in [7, 11) is 0. The van der Waals surface area contributed by atoms with Crippen molar-refractivity contribution in [3.63, 3.8) is 0 Å². The highest BCUT2D eigenvalue weighted by atomic mass is 35.5. The standard InChI is InChI=1S/C13H18ClN3O3/c1-2-3-15-12-5-8(4-11(14)16-12)13(20)17-6-9(18)10(19)7-17/h4-5,9-10,18-19H,2-3,6-7H2,1H3,(H,15,16). The molecule has 2 unspecified atom stereocenters. The molecule has 0 spiro atoms. The van der Waals surface area contributed by atoms with E-state index in [4.69, 9.17) is 11.6 Å². The first-order valence-corrected chi connectivity index (χ1v) is 6.96. The van der Waals surface area contributed by atoms with Gasteiger partial charge in [-0.3, -0.25) is 4.79 Å². The lowest BCUT2D eigenvalue weighted by Crippen LogP contribution is -2.30. The summed E-state index contributed by atoms with van der Waals surface area (Å²) >= 11 is 5.92. The van der Waals surface area contributed by atoms with E-state index in [1.807, 2.05) is 6.92 Å². The lowest BCUT2D eigenvalue weighted by molar-refractivity contribution is 0.0572. The average molecular weight is 300 g/mol. The third-order valence-electron chi connectivity index (χ3n) is 3.14. The van der Waals surface area contributed by atoms with E-state index in [9.17, 15) is 15.0 Å². The van der Waals surface area contributed by atoms with Crippen LogP contribution in [0.1, 0.15) is 23.7 Å². The maximum Gasteiger partial charge on any atom is 0.254 e. The highest BCUT2D eigenvalue weighted by Crippen LogP contribution is 2.19. The molecule has 2 atom stereocenters. The monoisotopic (exact) mass is 299 g/mol. The molecular formula is C13H18ClN3O3. The van der Waals surface area contributed by atoms with Gasteiger partial charge in [0.1, 0.15) is 11.0 Å². The predicted octanol–water partition coefficient (Wildman–Crippen LogP) is 0.734. The number of aromatic nitrogens is 1. The number of aliphatic hydroxyl groups is 2. The summed E-state index contributed by atoms with van der Waals surface area (Å²) in [6, 6.07) is 3.11. The molecule has 110 valence electrons. The second-order valence-electron chi connectivity index (χ2n) is 4.84. The lowest BCUT2D eigenvalue weighted by atomic mass is 10.2. The molecule has 0 saturated carbocycles. The second-order valence-corrected chi connectivity index (χ2v) is 5.22. The zero-order chi connectivity index (χ0) is 14.7. The van der Waals surface area contributed by atoms with Crippen molar-refractivity contribution in [1.29, 1.82) is 0 Å². The molecule has 7 heteroatoms. The Morgan fingerprint density at radius 1 is 1.45 bits per heavy atom. The Bertz CT molecular complexity index is 488. The highest BCUT2D eigenvalue weighted by Gasteiger charge is 2.33. The summed E-state index contributed by atoms with van der Waals surface area (Å²) < 4.78 is 0. The number of pyridine rings is 1. The molecule has 1 aromatic heterocycles. The van der Waals surface area contributed by atoms with Gasteiger partial charge in [-0.15, -0.1) is 0 Å². The number of anilines is 1. The molecule has 1 amide bonds. The molecular weight excluding hydrogens is 282 g/mol. The van der Waals surface area contributed by atoms with Crippen molar-refractivity contribution < 1.29 is 15.0 Å². The van der Waals surface area contributed by atoms with Crippen LogP contribution in [0.3, 0.4) is 0 Å². The van der Waals surface area contributed by atoms with Crippen LogP contribution in [0.2, 0.25) is 5.15 Å². The smallest absolute Gasteiger partial charge is 0.254 e. The first kappa shape index (κ1) is 15.0. The van der Waals surface area contributed by atoms with E-state index in [0.29, 0.717) is 11.4 Å². The number of hydrogen-bond acceptors (Lipinski definition) is 5. The number of nitrogens with zero attached hydrogens (tertiary/aromatic N) is 2. The van der Waals surface area contributed by atoms with E-state index < -0.39 is 12.2 Å². The number of aliphatic hydroxyl groups excluding tert-OH is 2. The van der Waals surface area contributed by atoms with Gasteiger partial charge >= 0.3 is 0 Å². The number of likely N-dealkylation sites (tertiary alicyclic amines) is 1. The zero-order valence-corrected chi connectivity index (χ0v) is 12.0. The number of hydrogen-bond donors (Lipinski definition) is 3. The molecule has 3 N–H and O–H groups in total. The number of halogens is 1. The van der Waals surface area contributed by atoms with E-state index >= 15 is 0 Å². The van der Waals surface area contributed by atoms with Crippen LogP contribution in [0.4, 0.5) is 5.82 Å². The number of carbonyl (C=O) groups excluding carboxylic acids is 1. The average Bonchev–Trinajstić information content (AvgIpc) is 2.75. The first-order chi connectivity index (χ1) is 9.51. The van der Waals surface area contributed by atoms with Crippen molar-refractivity contribution in [3.05, 3.63) is 22.8 Å². The van der Waals surface area contributed by atoms with E-state index in [1.54, 1.807) is 6.07 Å². The summed E-state index contributed by atoms with van der Waals surface area (Å²) in [6.45, 7) is 3.01. The molecule has 0 radical (unpaired) electrons. The zero-order valence-electron chi connectivity index (χ0n) is 11.2. The summed E-state index contributed by atoms with van der Waals surface area (Å²) in [5.74, 6) is 0.271. The summed E-state index contributed by atoms with van der Waals surface area (Å²) in [6.07, 6.45) is -0.856. The SMILES string of the molecule is CCCNc1cc(C(=O)N2CC(O)C(O)C2)cc(Cl)n1. The third-order valence-corrected chi connectivity index (χ3v) is 3.34. The Hall–Kier alpha value is -1.37. The molecule has 2 heterocycles. The predicted molar refractivity (Wildman–Crippen MR) is 75.9 cm³/mol. The van der Waals surface area contributed by atoms with E-state index in [-0.39, 0.29) is 24.1 Å². The fraction of sp³-hybridized carbons (Fsp3) is 0.538. The maximum atomic E-state index is 12.3. The van der Waals surface area contributed by atoms with Crippen LogP contribution in [0, 0.1) is 0 Å². The topological polar surface area (TPSA) is 85.7 Å². The molecule has 20 heavy (non-hydrogen) atoms. The number of nitrogens with one attached hydrogen (secondary N) is 1. The Labute approximate surface area is 122 Å². The Kier molecular flexibility index (Phi) is 4.80. The van der Waals surface area contributed by atoms with Crippen molar-refractivity contribution in [2.45, 2.75) is 25.6 Å². The van der Waals surface area contributed by atoms with Crippen LogP contribution in [0.25, 0.3) is 0 Å². The first-order valence-electron chi connectivity index (χ1n) is 6.58. The number of amides is 1. The summed E-state index contributed by atoms with van der Waals surface area (Å²) in [5, 5.41) is 22.3. The summed E-state index contributed by atoms with van der Waals surface area (Å²) in [5.41, 5.74) is 0.393. The van der Waals surface area contributed by atoms with Crippen molar-refractivity contribution in [2.24, 2.45) is 0 Å². The van der Waals surface area contributed by atoms with Gasteiger partial charge < -0.3 is 20.4 Å². The van der Waals surface area contributed by atoms with Crippen molar-refractivity contribution >= 4 is 23.3 Å². The fourth-order valence-corrected chi connectivity index (χ4v) is 2.29. The Morgan fingerprint density at radius 3 is 2.70 bits per heavy atom. The van der Waals surface area contributed by atoms with Crippen LogP contribution in [0.15, 0.2) is 12.1 Å². The number of rotatable bonds is 4. The Morgan fingerprint density at radius 2 is 2.10 bits per heavy atom. The number of carbonyl (C=O) groups is 1. The van der Waals surface area contributed by atoms with Gasteiger partial charge in [-0.05, 0) is 18.6 Å². The van der Waals surface area contributed by atoms with Gasteiger partial charge in [-0.1, -0.05) is 18.5 Å². The molecule has 1 saturated heterocycles. The molecule has 2 rings (SSSR count). The van der Waals surface area contributed by atoms with Crippen LogP contribution >= 0.6 is 11.6 Å². The molecule has 0 bridgehead atoms. The van der Waals surface area contributed by atoms with Gasteiger partial charge in [0.25, 0.3) is 5.91 Å². The minimum Gasteiger partial charge on any atom is -0.388 e. The van der Waals surface area contributed by atoms with Crippen LogP contribution in [0.5, 0.6) is 0 Å². The van der Waals surface area contributed by atoms with Crippen LogP contribution in [-0.4, -0.2) is 57.8 Å². The molecule has 6 nitrogen and oxygen atoms in total. The fourth-order valence-electron chi connectivity index (χ4n) is 2.08. The van der Waals surface area contributed by atoms with E-state index in [1.165, 1.54) is 11.0 Å². The van der Waals surface area contributed by atoms with E-state index in [0.717, 1.165) is 13.0 Å². The molecule has 1 aliphatic rings. The van der Waals surface area contributed by atoms with Gasteiger partial charge in [-0.2, -0.15) is 0 Å². The third kappa shape index (κ3) is 3.39. The van der Waals surface area contributed by atoms with Crippen LogP contribution in [-0.2, 0) is 0 Å². The second kappa shape index (κ2) is 6.39. The molecule has 1 aliphatic heterocycles. The molecule has 1 fully saturated rings. The van der Waals surface area contributed by atoms with E-state index in [2.05, 4.69) is 10.3 Å².